The molecule has 1 unspecified atom stereocenters. The van der Waals surface area contributed by atoms with E-state index in [4.69, 9.17) is 0 Å². The summed E-state index contributed by atoms with van der Waals surface area (Å²) in [7, 11) is -3.32. The van der Waals surface area contributed by atoms with E-state index in [2.05, 4.69) is 269 Å². The SMILES string of the molecule is CC1=C(C)C(C)C([Si](c2cc(Cc3cccc(C)c3)cc(Cc3cccc(C)c3)c2)(c2cc(Cc3cccc(C)c3)cc(Cc3cccc(C)c3)c2)c2cc(Cc3cccc(C)c3)cc(Cc3cccc(C)c3)c2)=C1C. The second kappa shape index (κ2) is 22.5. The lowest BCUT2D eigenvalue weighted by atomic mass is 9.97. The molecule has 0 saturated heterocycles. The molecule has 9 aromatic carbocycles. The summed E-state index contributed by atoms with van der Waals surface area (Å²) in [6.45, 7) is 23.2. The van der Waals surface area contributed by atoms with Gasteiger partial charge in [0.05, 0.1) is 0 Å². The first-order valence-corrected chi connectivity index (χ1v) is 29.8. The van der Waals surface area contributed by atoms with Crippen LogP contribution in [0.3, 0.4) is 0 Å². The number of aryl methyl sites for hydroxylation is 6. The maximum atomic E-state index is 2.69. The smallest absolute Gasteiger partial charge is 0.0636 e. The molecule has 0 heterocycles. The zero-order valence-corrected chi connectivity index (χ0v) is 47.9. The minimum atomic E-state index is -3.32. The normalized spacial score (nSPS) is 13.7. The zero-order valence-electron chi connectivity index (χ0n) is 46.9. The molecular weight excluding hydrogens is 929 g/mol. The quantitative estimate of drug-likeness (QED) is 0.0668. The van der Waals surface area contributed by atoms with Crippen LogP contribution < -0.4 is 15.6 Å². The average Bonchev–Trinajstić information content (AvgIpc) is 3.58. The Bertz CT molecular complexity index is 3130. The Kier molecular flexibility index (Phi) is 15.4. The number of hydrogen-bond donors (Lipinski definition) is 0. The van der Waals surface area contributed by atoms with E-state index >= 15 is 0 Å². The standard InChI is InChI=1S/C75H76Si/c1-50-17-11-23-60(29-50)35-66-41-67(36-61-24-12-18-51(2)30-61)45-72(44-66)76(75-58(9)56(7)57(8)59(75)10,73-46-68(37-62-25-13-19-52(3)31-62)42-69(47-73)38-63-26-14-20-53(4)32-63)74-48-70(39-64-27-15-21-54(5)33-64)43-71(49-74)40-65-28-16-22-55(6)34-65/h11-34,41-49,58H,35-40H2,1-10H3. The first kappa shape index (κ1) is 52.1. The summed E-state index contributed by atoms with van der Waals surface area (Å²) >= 11 is 0. The largest absolute Gasteiger partial charge is 0.176 e. The molecule has 1 heteroatoms. The summed E-state index contributed by atoms with van der Waals surface area (Å²) in [4.78, 5) is 0. The van der Waals surface area contributed by atoms with Crippen LogP contribution in [0.5, 0.6) is 0 Å². The Labute approximate surface area is 457 Å². The Hall–Kier alpha value is -7.32. The van der Waals surface area contributed by atoms with Crippen LogP contribution in [0.25, 0.3) is 0 Å². The molecule has 1 aliphatic rings. The van der Waals surface area contributed by atoms with Gasteiger partial charge in [-0.15, -0.1) is 0 Å². The molecule has 0 radical (unpaired) electrons. The third-order valence-electron chi connectivity index (χ3n) is 16.4. The summed E-state index contributed by atoms with van der Waals surface area (Å²) in [5.74, 6) is 0.244. The second-order valence-electron chi connectivity index (χ2n) is 22.9. The van der Waals surface area contributed by atoms with Crippen molar-refractivity contribution < 1.29 is 0 Å². The lowest BCUT2D eigenvalue weighted by Gasteiger charge is -2.40. The van der Waals surface area contributed by atoms with Gasteiger partial charge in [0.15, 0.2) is 8.07 Å². The molecule has 0 aromatic heterocycles. The van der Waals surface area contributed by atoms with Crippen LogP contribution in [-0.4, -0.2) is 8.07 Å². The van der Waals surface area contributed by atoms with E-state index in [1.165, 1.54) is 132 Å². The molecule has 0 aliphatic heterocycles. The lowest BCUT2D eigenvalue weighted by molar-refractivity contribution is 0.851. The van der Waals surface area contributed by atoms with E-state index in [1.807, 2.05) is 0 Å². The van der Waals surface area contributed by atoms with Gasteiger partial charge >= 0.3 is 0 Å². The minimum absolute atomic E-state index is 0.244. The number of hydrogen-bond acceptors (Lipinski definition) is 0. The van der Waals surface area contributed by atoms with E-state index in [-0.39, 0.29) is 5.92 Å². The van der Waals surface area contributed by atoms with Crippen LogP contribution in [0.15, 0.2) is 222 Å². The molecule has 9 aromatic rings. The van der Waals surface area contributed by atoms with Crippen molar-refractivity contribution in [2.24, 2.45) is 5.92 Å². The molecular formula is C75H76Si. The fourth-order valence-corrected chi connectivity index (χ4v) is 18.8. The Morgan fingerprint density at radius 2 is 0.487 bits per heavy atom. The van der Waals surface area contributed by atoms with Crippen molar-refractivity contribution in [3.63, 3.8) is 0 Å². The van der Waals surface area contributed by atoms with Crippen molar-refractivity contribution in [1.29, 1.82) is 0 Å². The molecule has 0 nitrogen and oxygen atoms in total. The molecule has 0 fully saturated rings. The molecule has 1 aliphatic carbocycles. The predicted octanol–water partition coefficient (Wildman–Crippen LogP) is 16.4. The molecule has 0 spiro atoms. The molecule has 1 atom stereocenters. The summed E-state index contributed by atoms with van der Waals surface area (Å²) in [5.41, 5.74) is 28.6. The summed E-state index contributed by atoms with van der Waals surface area (Å²) in [6, 6.07) is 78.8. The average molecular weight is 1010 g/mol. The fourth-order valence-electron chi connectivity index (χ4n) is 12.8. The van der Waals surface area contributed by atoms with Crippen LogP contribution in [-0.2, 0) is 38.5 Å². The monoisotopic (exact) mass is 1000 g/mol. The first-order valence-electron chi connectivity index (χ1n) is 27.8. The van der Waals surface area contributed by atoms with Crippen molar-refractivity contribution in [2.45, 2.75) is 108 Å². The van der Waals surface area contributed by atoms with Crippen molar-refractivity contribution >= 4 is 23.6 Å². The highest BCUT2D eigenvalue weighted by Gasteiger charge is 2.49. The van der Waals surface area contributed by atoms with Gasteiger partial charge < -0.3 is 0 Å². The Morgan fingerprint density at radius 1 is 0.263 bits per heavy atom. The Morgan fingerprint density at radius 3 is 0.671 bits per heavy atom. The van der Waals surface area contributed by atoms with E-state index in [0.717, 1.165) is 38.5 Å². The number of allylic oxidation sites excluding steroid dienone is 4. The van der Waals surface area contributed by atoms with Crippen molar-refractivity contribution in [3.8, 4) is 0 Å². The molecule has 380 valence electrons. The van der Waals surface area contributed by atoms with Gasteiger partial charge in [-0.3, -0.25) is 0 Å². The maximum Gasteiger partial charge on any atom is 0.176 e. The van der Waals surface area contributed by atoms with Gasteiger partial charge in [0.1, 0.15) is 0 Å². The minimum Gasteiger partial charge on any atom is -0.0636 e. The topological polar surface area (TPSA) is 0 Å². The summed E-state index contributed by atoms with van der Waals surface area (Å²) < 4.78 is 0. The Balaban J connectivity index is 1.35. The van der Waals surface area contributed by atoms with Gasteiger partial charge in [0.25, 0.3) is 0 Å². The molecule has 76 heavy (non-hydrogen) atoms. The van der Waals surface area contributed by atoms with E-state index in [1.54, 1.807) is 5.20 Å². The van der Waals surface area contributed by atoms with Crippen LogP contribution in [0, 0.1) is 47.5 Å². The van der Waals surface area contributed by atoms with Crippen molar-refractivity contribution in [2.75, 3.05) is 0 Å². The van der Waals surface area contributed by atoms with Gasteiger partial charge in [0, 0.05) is 0 Å². The van der Waals surface area contributed by atoms with Gasteiger partial charge in [-0.2, -0.15) is 0 Å². The van der Waals surface area contributed by atoms with E-state index in [9.17, 15) is 0 Å². The lowest BCUT2D eigenvalue weighted by Crippen LogP contribution is -2.70. The third kappa shape index (κ3) is 11.7. The molecule has 0 amide bonds. The number of benzene rings is 9. The van der Waals surface area contributed by atoms with E-state index in [0.29, 0.717) is 0 Å². The van der Waals surface area contributed by atoms with Crippen LogP contribution in [0.1, 0.15) is 128 Å². The van der Waals surface area contributed by atoms with Gasteiger partial charge in [0.2, 0.25) is 0 Å². The first-order chi connectivity index (χ1) is 36.6. The highest BCUT2D eigenvalue weighted by molar-refractivity contribution is 7.16. The highest BCUT2D eigenvalue weighted by Crippen LogP contribution is 2.42. The second-order valence-corrected chi connectivity index (χ2v) is 26.7. The van der Waals surface area contributed by atoms with Gasteiger partial charge in [-0.25, -0.2) is 0 Å². The van der Waals surface area contributed by atoms with Crippen LogP contribution in [0.4, 0.5) is 0 Å². The van der Waals surface area contributed by atoms with Crippen molar-refractivity contribution in [3.05, 3.63) is 322 Å². The molecule has 0 bridgehead atoms. The van der Waals surface area contributed by atoms with Crippen molar-refractivity contribution in [1.82, 2.24) is 0 Å². The number of rotatable bonds is 16. The summed E-state index contributed by atoms with van der Waals surface area (Å²) in [5, 5.41) is 6.06. The third-order valence-corrected chi connectivity index (χ3v) is 21.5. The highest BCUT2D eigenvalue weighted by atomic mass is 28.3. The summed E-state index contributed by atoms with van der Waals surface area (Å²) in [6.07, 6.45) is 5.18. The van der Waals surface area contributed by atoms with Gasteiger partial charge in [-0.05, 0) is 195 Å². The molecule has 0 saturated carbocycles. The van der Waals surface area contributed by atoms with Crippen LogP contribution in [0.2, 0.25) is 0 Å². The fraction of sp³-hybridized carbons (Fsp3) is 0.227. The zero-order chi connectivity index (χ0) is 53.1. The molecule has 0 N–H and O–H groups in total. The van der Waals surface area contributed by atoms with Crippen LogP contribution >= 0.6 is 0 Å². The molecule has 10 rings (SSSR count). The maximum absolute atomic E-state index is 3.32. The van der Waals surface area contributed by atoms with Gasteiger partial charge in [-0.1, -0.05) is 257 Å². The van der Waals surface area contributed by atoms with E-state index < -0.39 is 8.07 Å². The predicted molar refractivity (Wildman–Crippen MR) is 328 cm³/mol.